The smallest absolute Gasteiger partial charge is 0.227 e. The van der Waals surface area contributed by atoms with Crippen molar-refractivity contribution >= 4 is 17.5 Å². The third kappa shape index (κ3) is 3.28. The average molecular weight is 348 g/mol. The Kier molecular flexibility index (Phi) is 4.12. The van der Waals surface area contributed by atoms with E-state index in [2.05, 4.69) is 32.5 Å². The third-order valence-corrected chi connectivity index (χ3v) is 4.72. The zero-order valence-corrected chi connectivity index (χ0v) is 14.5. The number of nitrogens with one attached hydrogen (secondary N) is 1. The first-order chi connectivity index (χ1) is 12.6. The second-order valence-corrected chi connectivity index (χ2v) is 6.72. The summed E-state index contributed by atoms with van der Waals surface area (Å²) in [5, 5.41) is 7.70. The predicted octanol–water partition coefficient (Wildman–Crippen LogP) is 2.83. The van der Waals surface area contributed by atoms with Crippen molar-refractivity contribution in [1.82, 2.24) is 19.7 Å². The fourth-order valence-corrected chi connectivity index (χ4v) is 3.24. The first-order valence-corrected chi connectivity index (χ1v) is 8.58. The molecule has 0 atom stereocenters. The molecule has 4 rings (SSSR count). The fourth-order valence-electron chi connectivity index (χ4n) is 3.24. The van der Waals surface area contributed by atoms with Gasteiger partial charge in [-0.1, -0.05) is 6.07 Å². The van der Waals surface area contributed by atoms with Crippen LogP contribution in [0.15, 0.2) is 49.1 Å². The summed E-state index contributed by atoms with van der Waals surface area (Å²) in [6.07, 6.45) is 8.82. The van der Waals surface area contributed by atoms with E-state index in [1.165, 1.54) is 0 Å². The number of amides is 1. The van der Waals surface area contributed by atoms with Crippen molar-refractivity contribution in [2.45, 2.75) is 25.8 Å². The van der Waals surface area contributed by atoms with Crippen LogP contribution in [0.2, 0.25) is 0 Å². The first kappa shape index (κ1) is 16.3. The minimum atomic E-state index is -0.217. The molecule has 2 heterocycles. The molecule has 1 aliphatic rings. The Hall–Kier alpha value is -3.22. The van der Waals surface area contributed by atoms with Crippen LogP contribution in [0.5, 0.6) is 0 Å². The van der Waals surface area contributed by atoms with Crippen molar-refractivity contribution in [3.8, 4) is 11.1 Å². The van der Waals surface area contributed by atoms with E-state index in [9.17, 15) is 4.79 Å². The zero-order chi connectivity index (χ0) is 18.1. The molecule has 0 saturated heterocycles. The van der Waals surface area contributed by atoms with Gasteiger partial charge in [0.05, 0.1) is 12.2 Å². The molecule has 3 N–H and O–H groups in total. The Morgan fingerprint density at radius 3 is 2.69 bits per heavy atom. The van der Waals surface area contributed by atoms with Gasteiger partial charge in [-0.3, -0.25) is 9.48 Å². The van der Waals surface area contributed by atoms with Crippen LogP contribution in [-0.4, -0.2) is 25.7 Å². The topological polar surface area (TPSA) is 98.7 Å². The van der Waals surface area contributed by atoms with E-state index in [1.54, 1.807) is 18.5 Å². The summed E-state index contributed by atoms with van der Waals surface area (Å²) in [5.41, 5.74) is 9.51. The lowest BCUT2D eigenvalue weighted by molar-refractivity contribution is -0.125. The van der Waals surface area contributed by atoms with Gasteiger partial charge in [0.15, 0.2) is 0 Å². The van der Waals surface area contributed by atoms with Crippen LogP contribution >= 0.6 is 0 Å². The van der Waals surface area contributed by atoms with Gasteiger partial charge in [-0.15, -0.1) is 0 Å². The Bertz CT molecular complexity index is 930. The summed E-state index contributed by atoms with van der Waals surface area (Å²) in [5.74, 6) is 0.325. The predicted molar refractivity (Wildman–Crippen MR) is 98.7 cm³/mol. The molecule has 3 aromatic rings. The molecule has 1 amide bonds. The van der Waals surface area contributed by atoms with Crippen LogP contribution < -0.4 is 11.1 Å². The summed E-state index contributed by atoms with van der Waals surface area (Å²) in [6, 6.07) is 8.25. The molecule has 7 nitrogen and oxygen atoms in total. The quantitative estimate of drug-likeness (QED) is 0.739. The maximum Gasteiger partial charge on any atom is 0.227 e. The lowest BCUT2D eigenvalue weighted by Crippen LogP contribution is -2.36. The molecule has 26 heavy (non-hydrogen) atoms. The van der Waals surface area contributed by atoms with Crippen LogP contribution in [0.25, 0.3) is 11.1 Å². The normalized spacial score (nSPS) is 19.0. The summed E-state index contributed by atoms with van der Waals surface area (Å²) in [6.45, 7) is 2.05. The summed E-state index contributed by atoms with van der Waals surface area (Å²) in [4.78, 5) is 19.6. The standard InChI is InChI=1S/C19H20N6O/c1-12-5-13(7-16(6-12)24-19-21-3-2-4-22-19)15-10-23-25(11-15)17-8-14(9-17)18(20)26/h2-7,10-11,14,17H,8-9H2,1H3,(H2,20,26)(H,21,22,24). The summed E-state index contributed by atoms with van der Waals surface area (Å²) >= 11 is 0. The van der Waals surface area contributed by atoms with E-state index in [4.69, 9.17) is 5.73 Å². The van der Waals surface area contributed by atoms with E-state index in [-0.39, 0.29) is 17.9 Å². The first-order valence-electron chi connectivity index (χ1n) is 8.58. The van der Waals surface area contributed by atoms with Crippen LogP contribution in [-0.2, 0) is 4.79 Å². The molecule has 1 fully saturated rings. The van der Waals surface area contributed by atoms with Crippen molar-refractivity contribution in [1.29, 1.82) is 0 Å². The van der Waals surface area contributed by atoms with Crippen molar-refractivity contribution < 1.29 is 4.79 Å². The number of rotatable bonds is 5. The maximum absolute atomic E-state index is 11.2. The van der Waals surface area contributed by atoms with E-state index < -0.39 is 0 Å². The minimum Gasteiger partial charge on any atom is -0.369 e. The number of carbonyl (C=O) groups is 1. The molecule has 0 bridgehead atoms. The third-order valence-electron chi connectivity index (χ3n) is 4.72. The van der Waals surface area contributed by atoms with Gasteiger partial charge in [-0.05, 0) is 49.1 Å². The molecule has 2 aromatic heterocycles. The number of nitrogens with two attached hydrogens (primary N) is 1. The molecule has 132 valence electrons. The lowest BCUT2D eigenvalue weighted by Gasteiger charge is -2.33. The highest BCUT2D eigenvalue weighted by Gasteiger charge is 2.34. The molecule has 0 spiro atoms. The molecular weight excluding hydrogens is 328 g/mol. The number of aryl methyl sites for hydroxylation is 1. The van der Waals surface area contributed by atoms with Crippen molar-refractivity contribution in [2.75, 3.05) is 5.32 Å². The maximum atomic E-state index is 11.2. The number of primary amides is 1. The van der Waals surface area contributed by atoms with Crippen molar-refractivity contribution in [3.63, 3.8) is 0 Å². The van der Waals surface area contributed by atoms with Crippen LogP contribution in [0.4, 0.5) is 11.6 Å². The van der Waals surface area contributed by atoms with E-state index >= 15 is 0 Å². The highest BCUT2D eigenvalue weighted by Crippen LogP contribution is 2.38. The molecule has 0 radical (unpaired) electrons. The van der Waals surface area contributed by atoms with Crippen molar-refractivity contribution in [2.24, 2.45) is 11.7 Å². The molecule has 1 saturated carbocycles. The second kappa shape index (κ2) is 6.59. The largest absolute Gasteiger partial charge is 0.369 e. The number of nitrogens with zero attached hydrogens (tertiary/aromatic N) is 4. The van der Waals surface area contributed by atoms with E-state index in [0.717, 1.165) is 35.2 Å². The Morgan fingerprint density at radius 2 is 1.96 bits per heavy atom. The fraction of sp³-hybridized carbons (Fsp3) is 0.263. The second-order valence-electron chi connectivity index (χ2n) is 6.72. The zero-order valence-electron chi connectivity index (χ0n) is 14.5. The highest BCUT2D eigenvalue weighted by atomic mass is 16.1. The number of aromatic nitrogens is 4. The Balaban J connectivity index is 1.54. The van der Waals surface area contributed by atoms with Gasteiger partial charge in [0.2, 0.25) is 11.9 Å². The molecule has 7 heteroatoms. The van der Waals surface area contributed by atoms with Crippen LogP contribution in [0.3, 0.4) is 0 Å². The van der Waals surface area contributed by atoms with Gasteiger partial charge >= 0.3 is 0 Å². The minimum absolute atomic E-state index is 0.0201. The Labute approximate surface area is 151 Å². The van der Waals surface area contributed by atoms with Gasteiger partial charge < -0.3 is 11.1 Å². The molecule has 0 unspecified atom stereocenters. The molecule has 1 aliphatic carbocycles. The number of anilines is 2. The molecular formula is C19H20N6O. The van der Waals surface area contributed by atoms with Crippen LogP contribution in [0, 0.1) is 12.8 Å². The highest BCUT2D eigenvalue weighted by molar-refractivity contribution is 5.77. The van der Waals surface area contributed by atoms with Crippen molar-refractivity contribution in [3.05, 3.63) is 54.6 Å². The van der Waals surface area contributed by atoms with Gasteiger partial charge in [0, 0.05) is 35.8 Å². The SMILES string of the molecule is Cc1cc(Nc2ncccn2)cc(-c2cnn(C3CC(C(N)=O)C3)c2)c1. The number of hydrogen-bond donors (Lipinski definition) is 2. The number of carbonyl (C=O) groups excluding carboxylic acids is 1. The monoisotopic (exact) mass is 348 g/mol. The lowest BCUT2D eigenvalue weighted by atomic mass is 9.80. The van der Waals surface area contributed by atoms with Gasteiger partial charge in [-0.2, -0.15) is 5.10 Å². The Morgan fingerprint density at radius 1 is 1.19 bits per heavy atom. The summed E-state index contributed by atoms with van der Waals surface area (Å²) in [7, 11) is 0. The van der Waals surface area contributed by atoms with E-state index in [0.29, 0.717) is 5.95 Å². The molecule has 1 aromatic carbocycles. The average Bonchev–Trinajstić information content (AvgIpc) is 3.03. The summed E-state index contributed by atoms with van der Waals surface area (Å²) < 4.78 is 1.94. The van der Waals surface area contributed by atoms with Gasteiger partial charge in [-0.25, -0.2) is 9.97 Å². The molecule has 0 aliphatic heterocycles. The number of hydrogen-bond acceptors (Lipinski definition) is 5. The van der Waals surface area contributed by atoms with Crippen LogP contribution in [0.1, 0.15) is 24.4 Å². The van der Waals surface area contributed by atoms with E-state index in [1.807, 2.05) is 30.1 Å². The number of benzene rings is 1. The van der Waals surface area contributed by atoms with Gasteiger partial charge in [0.25, 0.3) is 0 Å². The van der Waals surface area contributed by atoms with Gasteiger partial charge in [0.1, 0.15) is 0 Å².